The fourth-order valence-electron chi connectivity index (χ4n) is 24.6. The minimum Gasteiger partial charge on any atom is -0.295 e. The number of carbonyl (C=O) groups is 5. The Morgan fingerprint density at radius 2 is 0.516 bits per heavy atom. The van der Waals surface area contributed by atoms with E-state index in [9.17, 15) is 24.0 Å². The SMILES string of the molecule is CCC1(c2ccccc2)C2=C(CCCC2=O)Cc2ncsc21.CCC1(c2ccccc2)C2=C(Cc3ncsc31)CC(CC(C)C)CC2=O.CCCC1CC(=O)C2=C(Cc3ncsc3C2(CC)c2ccccc2)C1.CCCC1CC(=O)C2=C(Cc3ncsc3[C@]2(CC)c2ccccc2)C1.CC[C@@]1(c2ccccc2)C2=C(Cc3ncsc31)CC(CC(C)C)CC2=O. The van der Waals surface area contributed by atoms with E-state index in [1.54, 1.807) is 56.7 Å². The summed E-state index contributed by atoms with van der Waals surface area (Å²) in [5, 5.41) is 0. The minimum absolute atomic E-state index is 0.275. The van der Waals surface area contributed by atoms with E-state index in [4.69, 9.17) is 9.97 Å². The van der Waals surface area contributed by atoms with E-state index >= 15 is 0 Å². The van der Waals surface area contributed by atoms with Crippen molar-refractivity contribution in [3.05, 3.63) is 316 Å². The minimum atomic E-state index is -0.300. The number of hydrogen-bond acceptors (Lipinski definition) is 15. The van der Waals surface area contributed by atoms with Crippen LogP contribution in [0.3, 0.4) is 0 Å². The van der Waals surface area contributed by atoms with Crippen LogP contribution < -0.4 is 0 Å². The number of rotatable bonds is 18. The van der Waals surface area contributed by atoms with Crippen molar-refractivity contribution in [1.29, 1.82) is 0 Å². The molecule has 0 radical (unpaired) electrons. The molecule has 0 fully saturated rings. The molecule has 10 aliphatic rings. The van der Waals surface area contributed by atoms with Crippen LogP contribution in [-0.4, -0.2) is 53.8 Å². The highest BCUT2D eigenvalue weighted by Crippen LogP contribution is 2.60. The summed E-state index contributed by atoms with van der Waals surface area (Å²) in [5.74, 6) is 5.15. The molecule has 15 heteroatoms. The van der Waals surface area contributed by atoms with Gasteiger partial charge in [0.15, 0.2) is 28.9 Å². The highest BCUT2D eigenvalue weighted by molar-refractivity contribution is 7.11. The highest BCUT2D eigenvalue weighted by atomic mass is 32.1. The summed E-state index contributed by atoms with van der Waals surface area (Å²) < 4.78 is 0. The molecular formula is C109H123N5O5S5. The molecule has 0 N–H and O–H groups in total. The van der Waals surface area contributed by atoms with Crippen molar-refractivity contribution in [2.24, 2.45) is 35.5 Å². The number of benzene rings is 5. The number of nitrogens with zero attached hydrogens (tertiary/aromatic N) is 5. The van der Waals surface area contributed by atoms with Crippen molar-refractivity contribution in [1.82, 2.24) is 24.9 Å². The van der Waals surface area contributed by atoms with Gasteiger partial charge in [-0.3, -0.25) is 24.0 Å². The lowest BCUT2D eigenvalue weighted by molar-refractivity contribution is -0.118. The van der Waals surface area contributed by atoms with Gasteiger partial charge in [-0.1, -0.05) is 269 Å². The van der Waals surface area contributed by atoms with Gasteiger partial charge in [0.1, 0.15) is 0 Å². The fourth-order valence-corrected chi connectivity index (χ4v) is 30.2. The van der Waals surface area contributed by atoms with E-state index in [1.807, 2.05) is 33.6 Å². The van der Waals surface area contributed by atoms with Gasteiger partial charge in [-0.05, 0) is 160 Å². The van der Waals surface area contributed by atoms with Crippen LogP contribution in [0, 0.1) is 35.5 Å². The van der Waals surface area contributed by atoms with Gasteiger partial charge in [0, 0.05) is 116 Å². The zero-order valence-electron chi connectivity index (χ0n) is 74.7. The first-order valence-electron chi connectivity index (χ1n) is 46.5. The summed E-state index contributed by atoms with van der Waals surface area (Å²) in [6.07, 6.45) is 25.6. The highest BCUT2D eigenvalue weighted by Gasteiger charge is 2.55. The van der Waals surface area contributed by atoms with Crippen LogP contribution in [0.4, 0.5) is 0 Å². The standard InChI is InChI=1S/2C23H27NOS.2C22H25NOS.C19H19NOS/c2*1-4-23(18-8-6-5-7-9-18)21-17(13-19-22(23)26-14-24-19)11-16(10-15(2)3)12-20(21)25;2*1-3-8-15-11-16-13-18-21(25-14-23-18)22(4-2,20(16)19(24)12-15)17-9-6-5-7-10-17;1-2-19(14-8-4-3-5-9-14)17-13(7-6-10-16(17)21)11-15-18(19)22-12-20-15/h2*5-9,14-16H,4,10-13H2,1-3H3;2*5-7,9-10,14-15H,3-4,8,11-13H2,1-2H3;3-5,8-9,12H,2,6-7,10-11H2,1H3/t16?,23-;;15?,22-;;/m1.1../s1. The smallest absolute Gasteiger partial charge is 0.160 e. The molecule has 0 spiro atoms. The fraction of sp³-hybridized carbons (Fsp3) is 0.450. The summed E-state index contributed by atoms with van der Waals surface area (Å²) in [6, 6.07) is 53.0. The van der Waals surface area contributed by atoms with Crippen LogP contribution in [0.1, 0.15) is 298 Å². The molecule has 9 atom stereocenters. The second-order valence-electron chi connectivity index (χ2n) is 37.4. The Balaban J connectivity index is 0.000000115. The molecule has 5 aromatic heterocycles. The van der Waals surface area contributed by atoms with Gasteiger partial charge in [0.2, 0.25) is 0 Å². The third kappa shape index (κ3) is 16.1. The third-order valence-corrected chi connectivity index (χ3v) is 34.4. The van der Waals surface area contributed by atoms with Gasteiger partial charge in [-0.15, -0.1) is 56.7 Å². The molecule has 7 unspecified atom stereocenters. The van der Waals surface area contributed by atoms with Gasteiger partial charge in [0.05, 0.1) is 83.1 Å². The lowest BCUT2D eigenvalue weighted by Crippen LogP contribution is -2.40. The van der Waals surface area contributed by atoms with E-state index in [1.165, 1.54) is 109 Å². The molecule has 0 amide bonds. The number of Topliss-reactive ketones (excluding diaryl/α,β-unsaturated/α-hetero) is 5. The van der Waals surface area contributed by atoms with Crippen molar-refractivity contribution < 1.29 is 24.0 Å². The number of aromatic nitrogens is 5. The molecule has 5 heterocycles. The van der Waals surface area contributed by atoms with Crippen LogP contribution >= 0.6 is 56.7 Å². The molecular weight excluding hydrogens is 1620 g/mol. The van der Waals surface area contributed by atoms with Crippen LogP contribution in [0.25, 0.3) is 0 Å². The van der Waals surface area contributed by atoms with Gasteiger partial charge in [-0.2, -0.15) is 0 Å². The topological polar surface area (TPSA) is 150 Å². The Kier molecular flexibility index (Phi) is 27.2. The molecule has 0 aliphatic heterocycles. The van der Waals surface area contributed by atoms with Gasteiger partial charge in [0.25, 0.3) is 0 Å². The average Bonchev–Trinajstić information content (AvgIpc) is 1.04. The van der Waals surface area contributed by atoms with E-state index in [0.717, 1.165) is 182 Å². The number of carbonyl (C=O) groups excluding carboxylic acids is 5. The Bertz CT molecular complexity index is 5430. The summed E-state index contributed by atoms with van der Waals surface area (Å²) in [4.78, 5) is 96.2. The molecule has 0 saturated carbocycles. The van der Waals surface area contributed by atoms with E-state index in [-0.39, 0.29) is 27.1 Å². The first-order chi connectivity index (χ1) is 60.3. The Morgan fingerprint density at radius 1 is 0.290 bits per heavy atom. The number of allylic oxidation sites excluding steroid dienone is 10. The van der Waals surface area contributed by atoms with Gasteiger partial charge < -0.3 is 0 Å². The van der Waals surface area contributed by atoms with Crippen molar-refractivity contribution >= 4 is 85.6 Å². The monoisotopic (exact) mass is 1740 g/mol. The molecule has 124 heavy (non-hydrogen) atoms. The van der Waals surface area contributed by atoms with E-state index in [0.29, 0.717) is 83.7 Å². The van der Waals surface area contributed by atoms with Crippen molar-refractivity contribution in [2.45, 2.75) is 277 Å². The molecule has 20 rings (SSSR count). The van der Waals surface area contributed by atoms with Crippen LogP contribution in [-0.2, 0) is 83.2 Å². The number of hydrogen-bond donors (Lipinski definition) is 0. The van der Waals surface area contributed by atoms with Crippen LogP contribution in [0.5, 0.6) is 0 Å². The molecule has 0 bridgehead atoms. The normalized spacial score (nSPS) is 25.3. The van der Waals surface area contributed by atoms with Crippen LogP contribution in [0.2, 0.25) is 0 Å². The van der Waals surface area contributed by atoms with Crippen molar-refractivity contribution in [3.63, 3.8) is 0 Å². The molecule has 644 valence electrons. The maximum Gasteiger partial charge on any atom is 0.160 e. The predicted octanol–water partition coefficient (Wildman–Crippen LogP) is 26.8. The second kappa shape index (κ2) is 38.1. The Labute approximate surface area is 756 Å². The number of ketones is 5. The molecule has 10 nitrogen and oxygen atoms in total. The van der Waals surface area contributed by atoms with Crippen LogP contribution in [0.15, 0.2) is 235 Å². The zero-order valence-corrected chi connectivity index (χ0v) is 78.8. The summed E-state index contributed by atoms with van der Waals surface area (Å²) in [7, 11) is 0. The maximum absolute atomic E-state index is 13.4. The number of thiazole rings is 5. The largest absolute Gasteiger partial charge is 0.295 e. The quantitative estimate of drug-likeness (QED) is 0.0812. The second-order valence-corrected chi connectivity index (χ2v) is 41.7. The lowest BCUT2D eigenvalue weighted by atomic mass is 9.60. The van der Waals surface area contributed by atoms with Gasteiger partial charge >= 0.3 is 0 Å². The first-order valence-corrected chi connectivity index (χ1v) is 50.9. The lowest BCUT2D eigenvalue weighted by Gasteiger charge is -2.43. The average molecular weight is 1740 g/mol. The van der Waals surface area contributed by atoms with E-state index in [2.05, 4.69) is 237 Å². The van der Waals surface area contributed by atoms with Crippen molar-refractivity contribution in [3.8, 4) is 0 Å². The summed E-state index contributed by atoms with van der Waals surface area (Å²) >= 11 is 8.61. The Hall–Kier alpha value is -8.70. The summed E-state index contributed by atoms with van der Waals surface area (Å²) in [5.41, 5.74) is 32.8. The van der Waals surface area contributed by atoms with Gasteiger partial charge in [-0.25, -0.2) is 24.9 Å². The number of fused-ring (bicyclic) bond motifs is 5. The Morgan fingerprint density at radius 3 is 0.750 bits per heavy atom. The first kappa shape index (κ1) is 88.7. The maximum atomic E-state index is 13.4. The molecule has 10 aromatic rings. The van der Waals surface area contributed by atoms with Crippen molar-refractivity contribution in [2.75, 3.05) is 0 Å². The molecule has 0 saturated heterocycles. The predicted molar refractivity (Wildman–Crippen MR) is 510 cm³/mol. The van der Waals surface area contributed by atoms with E-state index < -0.39 is 0 Å². The molecule has 10 aliphatic carbocycles. The zero-order chi connectivity index (χ0) is 86.7. The third-order valence-electron chi connectivity index (χ3n) is 29.3. The molecule has 5 aromatic carbocycles. The summed E-state index contributed by atoms with van der Waals surface area (Å²) in [6.45, 7) is 24.6.